The molecule has 100 heavy (non-hydrogen) atoms. The summed E-state index contributed by atoms with van der Waals surface area (Å²) in [5, 5.41) is 33.1. The number of imide groups is 1. The Balaban J connectivity index is 0.684. The molecule has 0 spiro atoms. The van der Waals surface area contributed by atoms with Gasteiger partial charge in [0.25, 0.3) is 17.7 Å². The number of nitrogens with zero attached hydrogens (tertiary/aromatic N) is 9. The van der Waals surface area contributed by atoms with Gasteiger partial charge in [0.15, 0.2) is 16.8 Å². The summed E-state index contributed by atoms with van der Waals surface area (Å²) in [6.45, 7) is 22.8. The number of hydrogen-bond acceptors (Lipinski definition) is 17. The van der Waals surface area contributed by atoms with E-state index >= 15 is 0 Å². The van der Waals surface area contributed by atoms with Crippen LogP contribution in [0.3, 0.4) is 0 Å². The normalized spacial score (nSPS) is 22.5. The Labute approximate surface area is 588 Å². The number of carbonyl (C=O) groups excluding carboxylic acids is 7. The van der Waals surface area contributed by atoms with Crippen molar-refractivity contribution in [1.29, 1.82) is 0 Å². The van der Waals surface area contributed by atoms with E-state index in [9.17, 15) is 33.6 Å². The van der Waals surface area contributed by atoms with E-state index in [4.69, 9.17) is 40.5 Å². The predicted octanol–water partition coefficient (Wildman–Crippen LogP) is 9.22. The molecule has 3 aliphatic heterocycles. The van der Waals surface area contributed by atoms with Crippen molar-refractivity contribution in [2.24, 2.45) is 27.9 Å². The van der Waals surface area contributed by atoms with Crippen molar-refractivity contribution in [1.82, 2.24) is 56.1 Å². The second-order valence-corrected chi connectivity index (χ2v) is 31.5. The van der Waals surface area contributed by atoms with Crippen LogP contribution in [0, 0.1) is 36.0 Å². The monoisotopic (exact) mass is 1390 g/mol. The summed E-state index contributed by atoms with van der Waals surface area (Å²) >= 11 is 1.58. The van der Waals surface area contributed by atoms with Gasteiger partial charge in [-0.05, 0) is 150 Å². The Morgan fingerprint density at radius 1 is 0.790 bits per heavy atom. The number of rotatable bonds is 30. The number of hydrogen-bond donors (Lipinski definition) is 7. The fourth-order valence-electron chi connectivity index (χ4n) is 17.7. The number of para-hydroxylation sites is 1. The maximum Gasteiger partial charge on any atom is 0.312 e. The van der Waals surface area contributed by atoms with Gasteiger partial charge < -0.3 is 56.5 Å². The van der Waals surface area contributed by atoms with Crippen molar-refractivity contribution >= 4 is 91.3 Å². The molecule has 4 aromatic heterocycles. The molecule has 4 aliphatic carbocycles. The van der Waals surface area contributed by atoms with Crippen LogP contribution in [-0.4, -0.2) is 164 Å². The van der Waals surface area contributed by atoms with Crippen LogP contribution in [0.15, 0.2) is 79.0 Å². The first kappa shape index (κ1) is 71.1. The van der Waals surface area contributed by atoms with E-state index < -0.39 is 47.7 Å². The van der Waals surface area contributed by atoms with Gasteiger partial charge in [-0.3, -0.25) is 38.3 Å². The number of amides is 8. The van der Waals surface area contributed by atoms with Gasteiger partial charge in [-0.2, -0.15) is 5.10 Å². The topological polar surface area (TPSA) is 312 Å². The number of anilines is 5. The first-order valence-corrected chi connectivity index (χ1v) is 36.4. The van der Waals surface area contributed by atoms with Gasteiger partial charge in [0.2, 0.25) is 17.7 Å². The van der Waals surface area contributed by atoms with E-state index in [-0.39, 0.29) is 78.9 Å². The smallest absolute Gasteiger partial charge is 0.312 e. The lowest BCUT2D eigenvalue weighted by molar-refractivity contribution is -0.930. The largest absolute Gasteiger partial charge is 0.379 e. The minimum absolute atomic E-state index is 0.00379. The highest BCUT2D eigenvalue weighted by molar-refractivity contribution is 7.22. The molecule has 1 saturated heterocycles. The van der Waals surface area contributed by atoms with Crippen molar-refractivity contribution in [2.45, 2.75) is 176 Å². The second kappa shape index (κ2) is 29.5. The predicted molar refractivity (Wildman–Crippen MR) is 383 cm³/mol. The molecule has 0 radical (unpaired) electrons. The maximum atomic E-state index is 14.4. The molecule has 6 aromatic rings. The lowest BCUT2D eigenvalue weighted by atomic mass is 9.39. The van der Waals surface area contributed by atoms with E-state index in [0.29, 0.717) is 42.6 Å². The molecule has 2 unspecified atom stereocenters. The number of urea groups is 1. The summed E-state index contributed by atoms with van der Waals surface area (Å²) in [4.78, 5) is 104. The van der Waals surface area contributed by atoms with Crippen molar-refractivity contribution in [2.75, 3.05) is 74.6 Å². The maximum absolute atomic E-state index is 14.4. The van der Waals surface area contributed by atoms with Crippen molar-refractivity contribution in [3.63, 3.8) is 0 Å². The lowest BCUT2D eigenvalue weighted by Gasteiger charge is -2.69. The zero-order valence-corrected chi connectivity index (χ0v) is 59.8. The molecule has 7 heterocycles. The standard InChI is InChI=1S/C74H96N16O9S/c1-46(2)62(83-59(91)27-34-98-35-30-88-60(92)25-26-61(88)93)67(95)80-56(17-13-28-76-69(75)97)66(94)79-51-21-19-50(20-22-51)38-90(31-11-12-32-90)33-36-99-74-42-71(7)39-72(8,43-74)41-73(40-71,44-74)45-89-49(6)54(37-77-89)53-23-24-58(82-63(53)68(96)78-47(3)4)87-29-14-15-52-48(5)64(85-86-65(52)87)84-70-81-55-16-9-10-18-57(55)100-70/h9-10,16,18-26,37,46-47,56,62H,11-15,17,27-36,38-45H2,1-8H3,(H7-,75,76,78,79,80,81,83,84,85,91,94,95,96,97)/p+1/t56-,62-,71?,72?,73?,74?/m0/s1. The van der Waals surface area contributed by atoms with Crippen LogP contribution in [0.5, 0.6) is 0 Å². The van der Waals surface area contributed by atoms with E-state index in [1.165, 1.54) is 18.6 Å². The number of fused-ring (bicyclic) bond motifs is 2. The molecular weight excluding hydrogens is 1290 g/mol. The molecule has 5 fully saturated rings. The molecule has 13 rings (SSSR count). The number of primary amides is 1. The second-order valence-electron chi connectivity index (χ2n) is 30.4. The quantitative estimate of drug-likeness (QED) is 0.0125. The van der Waals surface area contributed by atoms with Crippen LogP contribution in [0.2, 0.25) is 0 Å². The number of benzene rings is 2. The van der Waals surface area contributed by atoms with Gasteiger partial charge in [0.05, 0.1) is 61.5 Å². The zero-order valence-electron chi connectivity index (χ0n) is 59.0. The van der Waals surface area contributed by atoms with Crippen LogP contribution in [0.1, 0.15) is 151 Å². The fraction of sp³-hybridized carbons (Fsp3) is 0.541. The summed E-state index contributed by atoms with van der Waals surface area (Å²) in [6, 6.07) is 17.2. The average molecular weight is 1390 g/mol. The average Bonchev–Trinajstić information content (AvgIpc) is 0.961. The van der Waals surface area contributed by atoms with Crippen LogP contribution in [0.4, 0.5) is 33.1 Å². The lowest BCUT2D eigenvalue weighted by Crippen LogP contribution is -2.64. The summed E-state index contributed by atoms with van der Waals surface area (Å²) in [5.41, 5.74) is 12.9. The van der Waals surface area contributed by atoms with E-state index in [1.807, 2.05) is 62.5 Å². The van der Waals surface area contributed by atoms with Gasteiger partial charge in [-0.15, -0.1) is 10.2 Å². The Bertz CT molecular complexity index is 4040. The highest BCUT2D eigenvalue weighted by Gasteiger charge is 2.66. The molecular formula is C74H97N16O9S+. The Hall–Kier alpha value is -8.72. The Kier molecular flexibility index (Phi) is 21.0. The van der Waals surface area contributed by atoms with E-state index in [1.54, 1.807) is 25.2 Å². The molecule has 4 bridgehead atoms. The zero-order chi connectivity index (χ0) is 70.7. The first-order valence-electron chi connectivity index (χ1n) is 35.5. The van der Waals surface area contributed by atoms with Crippen molar-refractivity contribution < 1.29 is 47.5 Å². The first-order chi connectivity index (χ1) is 47.8. The number of carbonyl (C=O) groups is 7. The van der Waals surface area contributed by atoms with Gasteiger partial charge in [-0.1, -0.05) is 63.3 Å². The number of quaternary nitrogens is 1. The van der Waals surface area contributed by atoms with Crippen molar-refractivity contribution in [3.05, 3.63) is 107 Å². The third-order valence-electron chi connectivity index (χ3n) is 21.2. The van der Waals surface area contributed by atoms with Gasteiger partial charge in [-0.25, -0.2) is 14.8 Å². The van der Waals surface area contributed by atoms with Crippen LogP contribution in [-0.2, 0) is 53.0 Å². The van der Waals surface area contributed by atoms with Gasteiger partial charge >= 0.3 is 6.03 Å². The molecule has 8 amide bonds. The molecule has 25 nitrogen and oxygen atoms in total. The van der Waals surface area contributed by atoms with Crippen molar-refractivity contribution in [3.8, 4) is 11.1 Å². The van der Waals surface area contributed by atoms with Crippen LogP contribution >= 0.6 is 11.3 Å². The SMILES string of the molecule is Cc1c(Nc2nc3ccccc3s2)nnc2c1CCCN2c1ccc(-c2cnn(CC34CC5(C)CC(C)(C3)CC(OCC[N+]3(Cc6ccc(NC(=O)[C@H](CCCNC(N)=O)NC(=O)[C@@H](NC(=O)CCOCCN7C(=O)C=CC7=O)C(C)C)cc6)CCCC3)(C5)C4)c2C)c(C(=O)NC(C)C)n1. The van der Waals surface area contributed by atoms with Crippen LogP contribution in [0.25, 0.3) is 21.3 Å². The van der Waals surface area contributed by atoms with Gasteiger partial charge in [0.1, 0.15) is 36.7 Å². The Morgan fingerprint density at radius 2 is 1.53 bits per heavy atom. The third-order valence-corrected chi connectivity index (χ3v) is 22.1. The number of ether oxygens (including phenoxy) is 2. The minimum Gasteiger partial charge on any atom is -0.379 e. The summed E-state index contributed by atoms with van der Waals surface area (Å²) in [7, 11) is 0. The number of aromatic nitrogens is 6. The number of likely N-dealkylation sites (tertiary alicyclic amines) is 1. The summed E-state index contributed by atoms with van der Waals surface area (Å²) in [5.74, 6) is -0.836. The molecule has 532 valence electrons. The molecule has 7 aliphatic rings. The fourth-order valence-corrected chi connectivity index (χ4v) is 18.6. The van der Waals surface area contributed by atoms with Crippen LogP contribution < -0.4 is 42.5 Å². The molecule has 4 atom stereocenters. The number of nitrogens with one attached hydrogen (secondary N) is 6. The number of nitrogens with two attached hydrogens (primary N) is 1. The molecule has 2 aromatic carbocycles. The highest BCUT2D eigenvalue weighted by Crippen LogP contribution is 2.72. The molecule has 4 saturated carbocycles. The van der Waals surface area contributed by atoms with Gasteiger partial charge in [0, 0.05) is 96.3 Å². The molecule has 26 heteroatoms. The highest BCUT2D eigenvalue weighted by atomic mass is 32.1. The number of pyridine rings is 1. The van der Waals surface area contributed by atoms with E-state index in [2.05, 4.69) is 87.4 Å². The molecule has 8 N–H and O–H groups in total. The summed E-state index contributed by atoms with van der Waals surface area (Å²) in [6.07, 6.45) is 15.1. The number of thiazole rings is 1. The Morgan fingerprint density at radius 3 is 2.24 bits per heavy atom. The minimum atomic E-state index is -1.02. The van der Waals surface area contributed by atoms with E-state index in [0.717, 1.165) is 155 Å². The summed E-state index contributed by atoms with van der Waals surface area (Å²) < 4.78 is 17.2. The third kappa shape index (κ3) is 16.0.